The Labute approximate surface area is 106 Å². The summed E-state index contributed by atoms with van der Waals surface area (Å²) in [5, 5.41) is 8.39. The summed E-state index contributed by atoms with van der Waals surface area (Å²) in [5.74, 6) is -5.26. The number of rotatable bonds is 6. The lowest BCUT2D eigenvalue weighted by atomic mass is 10.1. The van der Waals surface area contributed by atoms with E-state index in [1.807, 2.05) is 0 Å². The van der Waals surface area contributed by atoms with E-state index >= 15 is 0 Å². The first-order chi connectivity index (χ1) is 8.93. The minimum atomic E-state index is -1.35. The molecule has 19 heavy (non-hydrogen) atoms. The Kier molecular flexibility index (Phi) is 5.50. The van der Waals surface area contributed by atoms with Gasteiger partial charge in [0.05, 0.1) is 6.61 Å². The van der Waals surface area contributed by atoms with Gasteiger partial charge in [-0.3, -0.25) is 9.59 Å². The fraction of sp³-hybridized carbons (Fsp3) is 0.333. The zero-order valence-electron chi connectivity index (χ0n) is 9.79. The van der Waals surface area contributed by atoms with E-state index in [0.717, 1.165) is 0 Å². The molecule has 0 radical (unpaired) electrons. The van der Waals surface area contributed by atoms with E-state index in [9.17, 15) is 22.8 Å². The Balaban J connectivity index is 2.62. The zero-order valence-corrected chi connectivity index (χ0v) is 9.79. The molecule has 0 aliphatic carbocycles. The number of carbonyl (C=O) groups excluding carboxylic acids is 2. The molecule has 1 N–H and O–H groups in total. The number of ether oxygens (including phenoxy) is 1. The number of halogens is 3. The predicted molar refractivity (Wildman–Crippen MR) is 57.7 cm³/mol. The molecule has 0 aliphatic heterocycles. The number of hydrogen-bond acceptors (Lipinski definition) is 4. The van der Waals surface area contributed by atoms with Gasteiger partial charge in [0, 0.05) is 12.5 Å². The summed E-state index contributed by atoms with van der Waals surface area (Å²) in [6, 6.07) is 0.906. The summed E-state index contributed by atoms with van der Waals surface area (Å²) >= 11 is 0. The Morgan fingerprint density at radius 3 is 2.37 bits per heavy atom. The summed E-state index contributed by atoms with van der Waals surface area (Å²) in [4.78, 5) is 22.4. The highest BCUT2D eigenvalue weighted by molar-refractivity contribution is 5.96. The van der Waals surface area contributed by atoms with Gasteiger partial charge >= 0.3 is 5.97 Å². The molecule has 4 nitrogen and oxygen atoms in total. The molecule has 0 atom stereocenters. The van der Waals surface area contributed by atoms with Gasteiger partial charge in [-0.2, -0.15) is 0 Å². The molecule has 0 aliphatic rings. The zero-order chi connectivity index (χ0) is 14.4. The first-order valence-electron chi connectivity index (χ1n) is 5.35. The molecule has 0 fully saturated rings. The third-order valence-electron chi connectivity index (χ3n) is 2.17. The van der Waals surface area contributed by atoms with Crippen molar-refractivity contribution in [3.05, 3.63) is 35.1 Å². The smallest absolute Gasteiger partial charge is 0.313 e. The van der Waals surface area contributed by atoms with E-state index in [2.05, 4.69) is 4.74 Å². The van der Waals surface area contributed by atoms with Crippen LogP contribution >= 0.6 is 0 Å². The number of carbonyl (C=O) groups is 2. The van der Waals surface area contributed by atoms with Crippen LogP contribution in [-0.2, 0) is 20.7 Å². The monoisotopic (exact) mass is 276 g/mol. The summed E-state index contributed by atoms with van der Waals surface area (Å²) in [5.41, 5.74) is -0.334. The summed E-state index contributed by atoms with van der Waals surface area (Å²) in [6.07, 6.45) is -1.17. The van der Waals surface area contributed by atoms with Crippen molar-refractivity contribution in [1.29, 1.82) is 0 Å². The molecule has 1 aromatic carbocycles. The molecule has 1 rings (SSSR count). The van der Waals surface area contributed by atoms with Crippen molar-refractivity contribution in [1.82, 2.24) is 0 Å². The Bertz CT molecular complexity index is 488. The van der Waals surface area contributed by atoms with E-state index in [1.54, 1.807) is 0 Å². The number of Topliss-reactive ketones (excluding diaryl/α,β-unsaturated/α-hetero) is 1. The number of esters is 1. The standard InChI is InChI=1S/C12H11F3O4/c13-9-6-11(15)10(14)4-7(9)3-8(17)5-12(18)19-2-1-16/h4,6,16H,1-3,5H2. The van der Waals surface area contributed by atoms with Crippen molar-refractivity contribution in [2.75, 3.05) is 13.2 Å². The van der Waals surface area contributed by atoms with Crippen molar-refractivity contribution in [2.24, 2.45) is 0 Å². The van der Waals surface area contributed by atoms with Gasteiger partial charge in [-0.25, -0.2) is 13.2 Å². The molecular formula is C12H11F3O4. The highest BCUT2D eigenvalue weighted by Gasteiger charge is 2.16. The third-order valence-corrected chi connectivity index (χ3v) is 2.17. The van der Waals surface area contributed by atoms with Crippen molar-refractivity contribution < 1.29 is 32.6 Å². The Morgan fingerprint density at radius 2 is 1.74 bits per heavy atom. The molecule has 0 saturated carbocycles. The fourth-order valence-electron chi connectivity index (χ4n) is 1.35. The van der Waals surface area contributed by atoms with Gasteiger partial charge in [0.15, 0.2) is 11.6 Å². The third kappa shape index (κ3) is 4.70. The summed E-state index contributed by atoms with van der Waals surface area (Å²) in [6.45, 7) is -0.622. The molecule has 0 saturated heterocycles. The number of ketones is 1. The molecule has 104 valence electrons. The van der Waals surface area contributed by atoms with Gasteiger partial charge in [-0.15, -0.1) is 0 Å². The average molecular weight is 276 g/mol. The van der Waals surface area contributed by atoms with Crippen LogP contribution in [0.1, 0.15) is 12.0 Å². The van der Waals surface area contributed by atoms with Crippen LogP contribution in [-0.4, -0.2) is 30.1 Å². The molecule has 0 unspecified atom stereocenters. The van der Waals surface area contributed by atoms with Crippen molar-refractivity contribution in [3.8, 4) is 0 Å². The Hall–Kier alpha value is -1.89. The SMILES string of the molecule is O=C(CC(=O)OCCO)Cc1cc(F)c(F)cc1F. The molecule has 0 aromatic heterocycles. The molecule has 7 heteroatoms. The van der Waals surface area contributed by atoms with Gasteiger partial charge < -0.3 is 9.84 Å². The van der Waals surface area contributed by atoms with E-state index in [4.69, 9.17) is 5.11 Å². The lowest BCUT2D eigenvalue weighted by Crippen LogP contribution is -2.15. The van der Waals surface area contributed by atoms with Crippen molar-refractivity contribution in [2.45, 2.75) is 12.8 Å². The van der Waals surface area contributed by atoms with Crippen molar-refractivity contribution in [3.63, 3.8) is 0 Å². The summed E-state index contributed by atoms with van der Waals surface area (Å²) in [7, 11) is 0. The van der Waals surface area contributed by atoms with E-state index in [-0.39, 0.29) is 18.8 Å². The summed E-state index contributed by atoms with van der Waals surface area (Å²) < 4.78 is 43.2. The molecule has 0 spiro atoms. The predicted octanol–water partition coefficient (Wildman–Crippen LogP) is 1.14. The van der Waals surface area contributed by atoms with Gasteiger partial charge in [-0.05, 0) is 11.6 Å². The number of aliphatic hydroxyl groups is 1. The maximum absolute atomic E-state index is 13.2. The average Bonchev–Trinajstić information content (AvgIpc) is 2.33. The largest absolute Gasteiger partial charge is 0.463 e. The van der Waals surface area contributed by atoms with Crippen LogP contribution in [0.25, 0.3) is 0 Å². The second-order valence-electron chi connectivity index (χ2n) is 3.69. The molecule has 0 heterocycles. The quantitative estimate of drug-likeness (QED) is 0.481. The highest BCUT2D eigenvalue weighted by atomic mass is 19.2. The minimum Gasteiger partial charge on any atom is -0.463 e. The van der Waals surface area contributed by atoms with Crippen LogP contribution in [0.3, 0.4) is 0 Å². The van der Waals surface area contributed by atoms with Gasteiger partial charge in [0.25, 0.3) is 0 Å². The van der Waals surface area contributed by atoms with E-state index < -0.39 is 42.0 Å². The van der Waals surface area contributed by atoms with Crippen LogP contribution in [0, 0.1) is 17.5 Å². The maximum Gasteiger partial charge on any atom is 0.313 e. The lowest BCUT2D eigenvalue weighted by Gasteiger charge is -2.04. The normalized spacial score (nSPS) is 10.3. The number of benzene rings is 1. The van der Waals surface area contributed by atoms with Crippen LogP contribution < -0.4 is 0 Å². The second-order valence-corrected chi connectivity index (χ2v) is 3.69. The molecule has 0 amide bonds. The van der Waals surface area contributed by atoms with E-state index in [0.29, 0.717) is 12.1 Å². The fourth-order valence-corrected chi connectivity index (χ4v) is 1.35. The van der Waals surface area contributed by atoms with E-state index in [1.165, 1.54) is 0 Å². The maximum atomic E-state index is 13.2. The van der Waals surface area contributed by atoms with Crippen LogP contribution in [0.15, 0.2) is 12.1 Å². The van der Waals surface area contributed by atoms with Gasteiger partial charge in [-0.1, -0.05) is 0 Å². The minimum absolute atomic E-state index is 0.244. The molecule has 0 bridgehead atoms. The lowest BCUT2D eigenvalue weighted by molar-refractivity contribution is -0.146. The highest BCUT2D eigenvalue weighted by Crippen LogP contribution is 2.15. The second kappa shape index (κ2) is 6.89. The number of aliphatic hydroxyl groups excluding tert-OH is 1. The van der Waals surface area contributed by atoms with Crippen LogP contribution in [0.2, 0.25) is 0 Å². The topological polar surface area (TPSA) is 63.6 Å². The van der Waals surface area contributed by atoms with Crippen LogP contribution in [0.4, 0.5) is 13.2 Å². The Morgan fingerprint density at radius 1 is 1.11 bits per heavy atom. The van der Waals surface area contributed by atoms with Crippen LogP contribution in [0.5, 0.6) is 0 Å². The molecule has 1 aromatic rings. The number of hydrogen-bond donors (Lipinski definition) is 1. The van der Waals surface area contributed by atoms with Crippen molar-refractivity contribution >= 4 is 11.8 Å². The molecular weight excluding hydrogens is 265 g/mol. The van der Waals surface area contributed by atoms with Gasteiger partial charge in [0.2, 0.25) is 0 Å². The first kappa shape index (κ1) is 15.2. The first-order valence-corrected chi connectivity index (χ1v) is 5.35. The van der Waals surface area contributed by atoms with Gasteiger partial charge in [0.1, 0.15) is 24.6 Å².